The molecule has 1 rings (SSSR count). The van der Waals surface area contributed by atoms with Crippen LogP contribution in [0.2, 0.25) is 0 Å². The number of likely N-dealkylation sites (N-methyl/N-ethyl adjacent to an activating group) is 1. The summed E-state index contributed by atoms with van der Waals surface area (Å²) in [6.45, 7) is 1.32. The number of benzene rings is 1. The molecule has 1 unspecified atom stereocenters. The maximum absolute atomic E-state index is 12.8. The molecule has 0 saturated heterocycles. The van der Waals surface area contributed by atoms with Gasteiger partial charge in [-0.1, -0.05) is 18.2 Å². The van der Waals surface area contributed by atoms with E-state index < -0.39 is 23.2 Å². The van der Waals surface area contributed by atoms with Crippen LogP contribution in [0, 0.1) is 0 Å². The van der Waals surface area contributed by atoms with Gasteiger partial charge in [0.1, 0.15) is 5.54 Å². The molecule has 1 aromatic carbocycles. The fourth-order valence-electron chi connectivity index (χ4n) is 1.56. The molecule has 3 N–H and O–H groups in total. The molecule has 17 heavy (non-hydrogen) atoms. The molecule has 0 fully saturated rings. The number of alkyl halides is 3. The first-order valence-electron chi connectivity index (χ1n) is 4.89. The van der Waals surface area contributed by atoms with E-state index in [1.54, 1.807) is 0 Å². The lowest BCUT2D eigenvalue weighted by molar-refractivity contribution is -0.139. The van der Waals surface area contributed by atoms with E-state index in [1.807, 2.05) is 0 Å². The molecule has 0 radical (unpaired) electrons. The molecule has 0 spiro atoms. The predicted molar refractivity (Wildman–Crippen MR) is 57.1 cm³/mol. The lowest BCUT2D eigenvalue weighted by atomic mass is 9.87. The summed E-state index contributed by atoms with van der Waals surface area (Å²) in [5.74, 6) is -0.864. The van der Waals surface area contributed by atoms with Crippen LogP contribution < -0.4 is 11.1 Å². The Morgan fingerprint density at radius 3 is 2.06 bits per heavy atom. The Hall–Kier alpha value is -1.56. The minimum absolute atomic E-state index is 0.178. The molecule has 1 aromatic rings. The Bertz CT molecular complexity index is 431. The molecule has 0 aliphatic rings. The van der Waals surface area contributed by atoms with Crippen molar-refractivity contribution in [1.82, 2.24) is 5.32 Å². The number of nitrogens with two attached hydrogens (primary N) is 1. The standard InChI is InChI=1S/C11H13F3N2O/c1-10(16-2,9(15)17)7-5-3-4-6-8(7)11(12,13)14/h3-6,16H,1-2H3,(H2,15,17). The third-order valence-corrected chi connectivity index (χ3v) is 2.76. The van der Waals surface area contributed by atoms with Gasteiger partial charge in [-0.25, -0.2) is 0 Å². The molecule has 0 aliphatic heterocycles. The average Bonchev–Trinajstić information content (AvgIpc) is 2.26. The monoisotopic (exact) mass is 246 g/mol. The van der Waals surface area contributed by atoms with E-state index in [-0.39, 0.29) is 5.56 Å². The number of halogens is 3. The summed E-state index contributed by atoms with van der Waals surface area (Å²) in [5, 5.41) is 2.53. The number of hydrogen-bond acceptors (Lipinski definition) is 2. The van der Waals surface area contributed by atoms with E-state index in [1.165, 1.54) is 32.2 Å². The zero-order valence-corrected chi connectivity index (χ0v) is 9.43. The van der Waals surface area contributed by atoms with Crippen molar-refractivity contribution in [2.45, 2.75) is 18.6 Å². The number of carbonyl (C=O) groups is 1. The average molecular weight is 246 g/mol. The van der Waals surface area contributed by atoms with E-state index >= 15 is 0 Å². The van der Waals surface area contributed by atoms with Gasteiger partial charge in [-0.05, 0) is 25.6 Å². The SMILES string of the molecule is CNC(C)(C(N)=O)c1ccccc1C(F)(F)F. The third kappa shape index (κ3) is 2.41. The van der Waals surface area contributed by atoms with Crippen LogP contribution in [0.15, 0.2) is 24.3 Å². The van der Waals surface area contributed by atoms with Crippen molar-refractivity contribution in [1.29, 1.82) is 0 Å². The predicted octanol–water partition coefficient (Wildman–Crippen LogP) is 1.63. The van der Waals surface area contributed by atoms with Crippen LogP contribution in [-0.4, -0.2) is 13.0 Å². The van der Waals surface area contributed by atoms with Crippen LogP contribution in [0.25, 0.3) is 0 Å². The molecular formula is C11H13F3N2O. The zero-order chi connectivity index (χ0) is 13.3. The van der Waals surface area contributed by atoms with Gasteiger partial charge in [0.05, 0.1) is 5.56 Å². The van der Waals surface area contributed by atoms with Crippen molar-refractivity contribution >= 4 is 5.91 Å². The smallest absolute Gasteiger partial charge is 0.368 e. The fourth-order valence-corrected chi connectivity index (χ4v) is 1.56. The number of carbonyl (C=O) groups excluding carboxylic acids is 1. The second kappa shape index (κ2) is 4.37. The van der Waals surface area contributed by atoms with E-state index in [9.17, 15) is 18.0 Å². The maximum atomic E-state index is 12.8. The fraction of sp³-hybridized carbons (Fsp3) is 0.364. The first-order chi connectivity index (χ1) is 7.73. The normalized spacial score (nSPS) is 15.4. The molecule has 6 heteroatoms. The lowest BCUT2D eigenvalue weighted by Gasteiger charge is -2.28. The van der Waals surface area contributed by atoms with Crippen molar-refractivity contribution in [3.8, 4) is 0 Å². The van der Waals surface area contributed by atoms with Gasteiger partial charge in [0.25, 0.3) is 0 Å². The zero-order valence-electron chi connectivity index (χ0n) is 9.43. The van der Waals surface area contributed by atoms with Crippen LogP contribution in [0.4, 0.5) is 13.2 Å². The van der Waals surface area contributed by atoms with Gasteiger partial charge in [-0.2, -0.15) is 13.2 Å². The maximum Gasteiger partial charge on any atom is 0.416 e. The molecule has 3 nitrogen and oxygen atoms in total. The molecule has 0 bridgehead atoms. The van der Waals surface area contributed by atoms with Crippen LogP contribution in [0.5, 0.6) is 0 Å². The molecular weight excluding hydrogens is 233 g/mol. The Morgan fingerprint density at radius 2 is 1.71 bits per heavy atom. The second-order valence-corrected chi connectivity index (χ2v) is 3.78. The van der Waals surface area contributed by atoms with Crippen LogP contribution >= 0.6 is 0 Å². The molecule has 94 valence electrons. The minimum atomic E-state index is -4.52. The summed E-state index contributed by atoms with van der Waals surface area (Å²) in [7, 11) is 1.39. The highest BCUT2D eigenvalue weighted by atomic mass is 19.4. The summed E-state index contributed by atoms with van der Waals surface area (Å²) in [4.78, 5) is 11.3. The molecule has 0 saturated carbocycles. The van der Waals surface area contributed by atoms with Crippen molar-refractivity contribution in [2.24, 2.45) is 5.73 Å². The number of primary amides is 1. The summed E-state index contributed by atoms with van der Waals surface area (Å²) in [5.41, 5.74) is 2.56. The number of amides is 1. The van der Waals surface area contributed by atoms with E-state index in [0.717, 1.165) is 6.07 Å². The lowest BCUT2D eigenvalue weighted by Crippen LogP contribution is -2.49. The van der Waals surface area contributed by atoms with Gasteiger partial charge in [-0.3, -0.25) is 4.79 Å². The molecule has 1 atom stereocenters. The number of rotatable bonds is 3. The molecule has 0 heterocycles. The highest BCUT2D eigenvalue weighted by molar-refractivity contribution is 5.86. The highest BCUT2D eigenvalue weighted by Gasteiger charge is 2.41. The summed E-state index contributed by atoms with van der Waals surface area (Å²) in [6.07, 6.45) is -4.52. The molecule has 0 aromatic heterocycles. The minimum Gasteiger partial charge on any atom is -0.368 e. The molecule has 1 amide bonds. The van der Waals surface area contributed by atoms with Crippen LogP contribution in [-0.2, 0) is 16.5 Å². The van der Waals surface area contributed by atoms with Gasteiger partial charge < -0.3 is 11.1 Å². The van der Waals surface area contributed by atoms with Gasteiger partial charge in [-0.15, -0.1) is 0 Å². The van der Waals surface area contributed by atoms with Crippen molar-refractivity contribution in [3.63, 3.8) is 0 Å². The largest absolute Gasteiger partial charge is 0.416 e. The Balaban J connectivity index is 3.46. The second-order valence-electron chi connectivity index (χ2n) is 3.78. The number of hydrogen-bond donors (Lipinski definition) is 2. The summed E-state index contributed by atoms with van der Waals surface area (Å²) < 4.78 is 38.4. The Labute approximate surface area is 96.8 Å². The van der Waals surface area contributed by atoms with Gasteiger partial charge in [0.2, 0.25) is 5.91 Å². The van der Waals surface area contributed by atoms with Crippen LogP contribution in [0.1, 0.15) is 18.1 Å². The van der Waals surface area contributed by atoms with Crippen molar-refractivity contribution < 1.29 is 18.0 Å². The van der Waals surface area contributed by atoms with Crippen molar-refractivity contribution in [3.05, 3.63) is 35.4 Å². The first kappa shape index (κ1) is 13.5. The van der Waals surface area contributed by atoms with Crippen molar-refractivity contribution in [2.75, 3.05) is 7.05 Å². The highest BCUT2D eigenvalue weighted by Crippen LogP contribution is 2.36. The Kier molecular flexibility index (Phi) is 3.47. The van der Waals surface area contributed by atoms with E-state index in [2.05, 4.69) is 5.32 Å². The number of nitrogens with one attached hydrogen (secondary N) is 1. The van der Waals surface area contributed by atoms with Crippen LogP contribution in [0.3, 0.4) is 0 Å². The van der Waals surface area contributed by atoms with Gasteiger partial charge in [0.15, 0.2) is 0 Å². The quantitative estimate of drug-likeness (QED) is 0.851. The Morgan fingerprint density at radius 1 is 1.24 bits per heavy atom. The van der Waals surface area contributed by atoms with E-state index in [0.29, 0.717) is 0 Å². The topological polar surface area (TPSA) is 55.1 Å². The van der Waals surface area contributed by atoms with E-state index in [4.69, 9.17) is 5.73 Å². The van der Waals surface area contributed by atoms with Gasteiger partial charge >= 0.3 is 6.18 Å². The molecule has 0 aliphatic carbocycles. The summed E-state index contributed by atoms with van der Waals surface area (Å²) in [6, 6.07) is 4.87. The third-order valence-electron chi connectivity index (χ3n) is 2.76. The van der Waals surface area contributed by atoms with Gasteiger partial charge in [0, 0.05) is 0 Å². The summed E-state index contributed by atoms with van der Waals surface area (Å²) >= 11 is 0. The first-order valence-corrected chi connectivity index (χ1v) is 4.89.